The smallest absolute Gasteiger partial charge is 0.265 e. The van der Waals surface area contributed by atoms with Crippen LogP contribution in [-0.4, -0.2) is 11.8 Å². The molecule has 1 aliphatic heterocycles. The van der Waals surface area contributed by atoms with Gasteiger partial charge in [0.2, 0.25) is 5.91 Å². The second-order valence-electron chi connectivity index (χ2n) is 5.28. The van der Waals surface area contributed by atoms with E-state index in [0.717, 1.165) is 21.2 Å². The van der Waals surface area contributed by atoms with Crippen molar-refractivity contribution in [3.8, 4) is 0 Å². The van der Waals surface area contributed by atoms with Gasteiger partial charge in [0.05, 0.1) is 12.1 Å². The molecule has 1 aliphatic rings. The van der Waals surface area contributed by atoms with Gasteiger partial charge in [-0.2, -0.15) is 0 Å². The molecular weight excluding hydrogens is 330 g/mol. The Morgan fingerprint density at radius 3 is 2.52 bits per heavy atom. The number of benzene rings is 2. The van der Waals surface area contributed by atoms with Crippen LogP contribution in [0.1, 0.15) is 27.0 Å². The van der Waals surface area contributed by atoms with Crippen LogP contribution in [0.25, 0.3) is 0 Å². The Morgan fingerprint density at radius 1 is 1.10 bits per heavy atom. The van der Waals surface area contributed by atoms with Crippen molar-refractivity contribution in [3.05, 3.63) is 63.1 Å². The third-order valence-electron chi connectivity index (χ3n) is 3.66. The minimum absolute atomic E-state index is 0.189. The van der Waals surface area contributed by atoms with Crippen LogP contribution in [0.3, 0.4) is 0 Å². The van der Waals surface area contributed by atoms with E-state index in [9.17, 15) is 9.59 Å². The second-order valence-corrected chi connectivity index (χ2v) is 6.13. The summed E-state index contributed by atoms with van der Waals surface area (Å²) in [7, 11) is 0. The van der Waals surface area contributed by atoms with E-state index in [1.54, 1.807) is 6.07 Å². The number of imide groups is 1. The van der Waals surface area contributed by atoms with Crippen molar-refractivity contribution in [2.24, 2.45) is 0 Å². The Labute approximate surface area is 131 Å². The molecule has 3 rings (SSSR count). The molecule has 106 valence electrons. The zero-order chi connectivity index (χ0) is 15.1. The zero-order valence-electron chi connectivity index (χ0n) is 11.8. The number of nitrogens with zero attached hydrogens (tertiary/aromatic N) is 1. The molecule has 0 aromatic heterocycles. The SMILES string of the molecule is Cc1cc(C)c(N2C(=O)Cc3ccccc3C2=O)c(Br)c1. The Kier molecular flexibility index (Phi) is 3.41. The molecule has 2 aromatic rings. The van der Waals surface area contributed by atoms with Crippen molar-refractivity contribution >= 4 is 33.4 Å². The molecule has 2 aromatic carbocycles. The number of halogens is 1. The summed E-state index contributed by atoms with van der Waals surface area (Å²) in [6.07, 6.45) is 0.252. The van der Waals surface area contributed by atoms with Gasteiger partial charge in [-0.05, 0) is 58.6 Å². The molecular formula is C17H14BrNO2. The summed E-state index contributed by atoms with van der Waals surface area (Å²) < 4.78 is 0.765. The van der Waals surface area contributed by atoms with Crippen LogP contribution in [0.4, 0.5) is 5.69 Å². The molecule has 1 heterocycles. The van der Waals surface area contributed by atoms with Crippen LogP contribution in [0.15, 0.2) is 40.9 Å². The molecule has 0 saturated heterocycles. The monoisotopic (exact) mass is 343 g/mol. The van der Waals surface area contributed by atoms with E-state index in [-0.39, 0.29) is 18.2 Å². The summed E-state index contributed by atoms with van der Waals surface area (Å²) in [5, 5.41) is 0. The molecule has 2 amide bonds. The van der Waals surface area contributed by atoms with Crippen molar-refractivity contribution in [3.63, 3.8) is 0 Å². The highest BCUT2D eigenvalue weighted by molar-refractivity contribution is 9.10. The molecule has 0 atom stereocenters. The molecule has 0 spiro atoms. The topological polar surface area (TPSA) is 37.4 Å². The number of aryl methyl sites for hydroxylation is 2. The molecule has 4 heteroatoms. The molecule has 0 bridgehead atoms. The normalized spacial score (nSPS) is 14.3. The average Bonchev–Trinajstić information content (AvgIpc) is 2.41. The standard InChI is InChI=1S/C17H14BrNO2/c1-10-7-11(2)16(14(18)8-10)19-15(20)9-12-5-3-4-6-13(12)17(19)21/h3-8H,9H2,1-2H3. The third kappa shape index (κ3) is 2.29. The lowest BCUT2D eigenvalue weighted by molar-refractivity contribution is -0.117. The molecule has 0 aliphatic carbocycles. The summed E-state index contributed by atoms with van der Waals surface area (Å²) in [6.45, 7) is 3.89. The number of hydrogen-bond donors (Lipinski definition) is 0. The first-order valence-corrected chi connectivity index (χ1v) is 7.50. The van der Waals surface area contributed by atoms with Crippen molar-refractivity contribution in [1.82, 2.24) is 0 Å². The lowest BCUT2D eigenvalue weighted by Crippen LogP contribution is -2.43. The van der Waals surface area contributed by atoms with E-state index in [2.05, 4.69) is 15.9 Å². The van der Waals surface area contributed by atoms with Gasteiger partial charge in [-0.1, -0.05) is 24.3 Å². The predicted molar refractivity (Wildman–Crippen MR) is 85.6 cm³/mol. The molecule has 0 saturated carbocycles. The minimum atomic E-state index is -0.255. The molecule has 0 unspecified atom stereocenters. The van der Waals surface area contributed by atoms with E-state index in [4.69, 9.17) is 0 Å². The Bertz CT molecular complexity index is 744. The number of carbonyl (C=O) groups excluding carboxylic acids is 2. The summed E-state index contributed by atoms with van der Waals surface area (Å²) in [5.74, 6) is -0.444. The highest BCUT2D eigenvalue weighted by atomic mass is 79.9. The van der Waals surface area contributed by atoms with Gasteiger partial charge < -0.3 is 0 Å². The maximum Gasteiger partial charge on any atom is 0.265 e. The average molecular weight is 344 g/mol. The number of amides is 2. The Hall–Kier alpha value is -1.94. The zero-order valence-corrected chi connectivity index (χ0v) is 13.4. The van der Waals surface area contributed by atoms with E-state index >= 15 is 0 Å². The number of anilines is 1. The van der Waals surface area contributed by atoms with Crippen LogP contribution in [0, 0.1) is 13.8 Å². The first kappa shape index (κ1) is 14.0. The number of carbonyl (C=O) groups is 2. The number of hydrogen-bond acceptors (Lipinski definition) is 2. The van der Waals surface area contributed by atoms with Crippen molar-refractivity contribution in [2.75, 3.05) is 4.90 Å². The maximum atomic E-state index is 12.7. The largest absolute Gasteiger partial charge is 0.274 e. The van der Waals surface area contributed by atoms with E-state index in [0.29, 0.717) is 11.3 Å². The van der Waals surface area contributed by atoms with Crippen LogP contribution in [0.2, 0.25) is 0 Å². The molecule has 21 heavy (non-hydrogen) atoms. The van der Waals surface area contributed by atoms with Crippen molar-refractivity contribution in [1.29, 1.82) is 0 Å². The van der Waals surface area contributed by atoms with Crippen LogP contribution >= 0.6 is 15.9 Å². The van der Waals surface area contributed by atoms with Gasteiger partial charge in [0.1, 0.15) is 0 Å². The highest BCUT2D eigenvalue weighted by Gasteiger charge is 2.33. The van der Waals surface area contributed by atoms with Gasteiger partial charge in [-0.3, -0.25) is 9.59 Å². The maximum absolute atomic E-state index is 12.7. The van der Waals surface area contributed by atoms with E-state index in [1.165, 1.54) is 4.90 Å². The quantitative estimate of drug-likeness (QED) is 0.738. The second kappa shape index (κ2) is 5.11. The predicted octanol–water partition coefficient (Wildman–Crippen LogP) is 3.80. The van der Waals surface area contributed by atoms with Gasteiger partial charge >= 0.3 is 0 Å². The van der Waals surface area contributed by atoms with Gasteiger partial charge in [0.25, 0.3) is 5.91 Å². The third-order valence-corrected chi connectivity index (χ3v) is 4.27. The van der Waals surface area contributed by atoms with Crippen molar-refractivity contribution in [2.45, 2.75) is 20.3 Å². The summed E-state index contributed by atoms with van der Waals surface area (Å²) in [6, 6.07) is 11.2. The van der Waals surface area contributed by atoms with Gasteiger partial charge in [-0.25, -0.2) is 4.90 Å². The fourth-order valence-electron chi connectivity index (χ4n) is 2.78. The van der Waals surface area contributed by atoms with Crippen LogP contribution in [0.5, 0.6) is 0 Å². The molecule has 0 fully saturated rings. The van der Waals surface area contributed by atoms with Gasteiger partial charge in [0.15, 0.2) is 0 Å². The summed E-state index contributed by atoms with van der Waals surface area (Å²) >= 11 is 3.48. The first-order valence-electron chi connectivity index (χ1n) is 6.71. The van der Waals surface area contributed by atoms with Crippen LogP contribution < -0.4 is 4.90 Å². The van der Waals surface area contributed by atoms with E-state index in [1.807, 2.05) is 44.2 Å². The first-order chi connectivity index (χ1) is 9.99. The summed E-state index contributed by atoms with van der Waals surface area (Å²) in [4.78, 5) is 26.4. The number of rotatable bonds is 1. The fraction of sp³-hybridized carbons (Fsp3) is 0.176. The number of fused-ring (bicyclic) bond motifs is 1. The molecule has 0 radical (unpaired) electrons. The molecule has 3 nitrogen and oxygen atoms in total. The van der Waals surface area contributed by atoms with Crippen molar-refractivity contribution < 1.29 is 9.59 Å². The minimum Gasteiger partial charge on any atom is -0.274 e. The Balaban J connectivity index is 2.17. The lowest BCUT2D eigenvalue weighted by Gasteiger charge is -2.29. The molecule has 0 N–H and O–H groups in total. The van der Waals surface area contributed by atoms with Gasteiger partial charge in [-0.15, -0.1) is 0 Å². The lowest BCUT2D eigenvalue weighted by atomic mass is 9.97. The summed E-state index contributed by atoms with van der Waals surface area (Å²) in [5.41, 5.74) is 4.03. The van der Waals surface area contributed by atoms with Crippen LogP contribution in [-0.2, 0) is 11.2 Å². The Morgan fingerprint density at radius 2 is 1.81 bits per heavy atom. The highest BCUT2D eigenvalue weighted by Crippen LogP contribution is 2.35. The van der Waals surface area contributed by atoms with Gasteiger partial charge in [0, 0.05) is 10.0 Å². The van der Waals surface area contributed by atoms with E-state index < -0.39 is 0 Å². The fourth-order valence-corrected chi connectivity index (χ4v) is 3.63.